The number of aryl methyl sites for hydroxylation is 2. The van der Waals surface area contributed by atoms with E-state index in [1.807, 2.05) is 14.0 Å². The molecule has 2 aliphatic carbocycles. The smallest absolute Gasteiger partial charge is 0.401 e. The second kappa shape index (κ2) is 13.9. The number of carboxylic acid groups (broad SMARTS) is 1. The van der Waals surface area contributed by atoms with Crippen LogP contribution in [0, 0.1) is 24.7 Å². The maximum atomic E-state index is 13.8. The second-order valence-corrected chi connectivity index (χ2v) is 16.1. The lowest BCUT2D eigenvalue weighted by Gasteiger charge is -2.47. The normalized spacial score (nSPS) is 35.5. The number of carbonyl (C=O) groups is 1. The van der Waals surface area contributed by atoms with Crippen molar-refractivity contribution in [3.8, 4) is 0 Å². The van der Waals surface area contributed by atoms with Crippen LogP contribution >= 0.6 is 23.4 Å². The monoisotopic (exact) mass is 689 g/mol. The van der Waals surface area contributed by atoms with Crippen LogP contribution in [-0.2, 0) is 28.9 Å². The molecule has 4 heterocycles. The zero-order chi connectivity index (χ0) is 32.9. The minimum Gasteiger partial charge on any atom is -0.481 e. The standard InChI is InChI=1S/C32H47ClF3N5O4S/c1-17-10-23(29-28(37-17)25(15-46-29)31(43)44)22-11-19(33)4-7-27(22)45-9-8-41-18(2)38-26-6-5-20(12-24(26)30(41)42)39(3)21-13-40(14-21)16-32(34,35)36/h17,19-23,25,27-29,37H,4-16H2,1-3H3,(H,43,44). The Bertz CT molecular complexity index is 1330. The predicted octanol–water partition coefficient (Wildman–Crippen LogP) is 3.56. The van der Waals surface area contributed by atoms with Gasteiger partial charge < -0.3 is 15.2 Å². The fourth-order valence-electron chi connectivity index (χ4n) is 8.81. The summed E-state index contributed by atoms with van der Waals surface area (Å²) >= 11 is 8.49. The number of piperidine rings is 1. The lowest BCUT2D eigenvalue weighted by Crippen LogP contribution is -2.62. The van der Waals surface area contributed by atoms with Gasteiger partial charge >= 0.3 is 12.1 Å². The van der Waals surface area contributed by atoms with E-state index in [-0.39, 0.29) is 52.4 Å². The number of aromatic nitrogens is 2. The molecule has 4 fully saturated rings. The first-order chi connectivity index (χ1) is 21.8. The van der Waals surface area contributed by atoms with Crippen molar-refractivity contribution in [1.82, 2.24) is 24.7 Å². The lowest BCUT2D eigenvalue weighted by molar-refractivity contribution is -0.161. The maximum absolute atomic E-state index is 13.8. The Hall–Kier alpha value is -1.38. The van der Waals surface area contributed by atoms with Crippen LogP contribution in [0.1, 0.15) is 56.1 Å². The Kier molecular flexibility index (Phi) is 10.4. The van der Waals surface area contributed by atoms with E-state index in [1.54, 1.807) is 16.3 Å². The average molecular weight is 690 g/mol. The highest BCUT2D eigenvalue weighted by Crippen LogP contribution is 2.48. The van der Waals surface area contributed by atoms with Crippen LogP contribution < -0.4 is 10.9 Å². The van der Waals surface area contributed by atoms with Crippen molar-refractivity contribution >= 4 is 29.3 Å². The SMILES string of the molecule is Cc1nc2c(c(=O)n1CCOC1CCC(Cl)CC1C1CC(C)NC3C(C(=O)O)CSC13)CC(N(C)C1CN(CC(F)(F)F)C1)CC2. The molecule has 5 aliphatic rings. The molecule has 2 N–H and O–H groups in total. The Morgan fingerprint density at radius 2 is 1.96 bits per heavy atom. The number of nitrogens with zero attached hydrogens (tertiary/aromatic N) is 4. The molecule has 3 saturated heterocycles. The quantitative estimate of drug-likeness (QED) is 0.377. The van der Waals surface area contributed by atoms with Crippen molar-refractivity contribution in [3.05, 3.63) is 27.4 Å². The van der Waals surface area contributed by atoms with Crippen molar-refractivity contribution in [1.29, 1.82) is 0 Å². The molecule has 6 rings (SSSR count). The molecule has 3 aliphatic heterocycles. The van der Waals surface area contributed by atoms with Gasteiger partial charge in [0.1, 0.15) is 5.82 Å². The van der Waals surface area contributed by atoms with Crippen molar-refractivity contribution in [2.24, 2.45) is 17.8 Å². The van der Waals surface area contributed by atoms with Gasteiger partial charge in [0.05, 0.1) is 37.4 Å². The first-order valence-corrected chi connectivity index (χ1v) is 18.2. The molecule has 9 unspecified atom stereocenters. The maximum Gasteiger partial charge on any atom is 0.401 e. The summed E-state index contributed by atoms with van der Waals surface area (Å²) in [6.07, 6.45) is 1.36. The van der Waals surface area contributed by atoms with E-state index in [4.69, 9.17) is 21.3 Å². The summed E-state index contributed by atoms with van der Waals surface area (Å²) in [6, 6.07) is 0.303. The summed E-state index contributed by atoms with van der Waals surface area (Å²) in [6.45, 7) is 4.65. The van der Waals surface area contributed by atoms with Gasteiger partial charge in [0.25, 0.3) is 5.56 Å². The molecule has 0 radical (unpaired) electrons. The molecule has 46 heavy (non-hydrogen) atoms. The van der Waals surface area contributed by atoms with E-state index in [0.29, 0.717) is 62.1 Å². The number of aliphatic carboxylic acids is 1. The Labute approximate surface area is 277 Å². The third kappa shape index (κ3) is 7.29. The van der Waals surface area contributed by atoms with E-state index in [1.165, 1.54) is 4.90 Å². The summed E-state index contributed by atoms with van der Waals surface area (Å²) in [5.74, 6) is 0.688. The summed E-state index contributed by atoms with van der Waals surface area (Å²) in [4.78, 5) is 34.1. The van der Waals surface area contributed by atoms with E-state index < -0.39 is 24.6 Å². The van der Waals surface area contributed by atoms with Crippen LogP contribution in [0.3, 0.4) is 0 Å². The number of ether oxygens (including phenoxy) is 1. The zero-order valence-electron chi connectivity index (χ0n) is 26.8. The highest BCUT2D eigenvalue weighted by Gasteiger charge is 2.51. The van der Waals surface area contributed by atoms with Crippen molar-refractivity contribution in [3.63, 3.8) is 0 Å². The first-order valence-electron chi connectivity index (χ1n) is 16.8. The van der Waals surface area contributed by atoms with Crippen molar-refractivity contribution < 1.29 is 27.8 Å². The second-order valence-electron chi connectivity index (χ2n) is 14.3. The predicted molar refractivity (Wildman–Crippen MR) is 172 cm³/mol. The fourth-order valence-corrected chi connectivity index (χ4v) is 11.0. The molecule has 9 atom stereocenters. The Morgan fingerprint density at radius 1 is 1.20 bits per heavy atom. The van der Waals surface area contributed by atoms with Crippen LogP contribution in [0.4, 0.5) is 13.2 Å². The molecular weight excluding hydrogens is 643 g/mol. The van der Waals surface area contributed by atoms with E-state index in [0.717, 1.165) is 37.8 Å². The van der Waals surface area contributed by atoms with Crippen LogP contribution in [-0.4, -0.2) is 117 Å². The number of alkyl halides is 4. The Morgan fingerprint density at radius 3 is 2.67 bits per heavy atom. The molecule has 14 heteroatoms. The number of likely N-dealkylation sites (tertiary alicyclic amines) is 1. The van der Waals surface area contributed by atoms with Gasteiger partial charge in [0, 0.05) is 59.2 Å². The first kappa shape index (κ1) is 34.5. The number of carboxylic acids is 1. The van der Waals surface area contributed by atoms with Gasteiger partial charge in [0.15, 0.2) is 0 Å². The topological polar surface area (TPSA) is 99.9 Å². The largest absolute Gasteiger partial charge is 0.481 e. The molecule has 0 amide bonds. The van der Waals surface area contributed by atoms with Crippen LogP contribution in [0.25, 0.3) is 0 Å². The number of halogens is 4. The van der Waals surface area contributed by atoms with Crippen LogP contribution in [0.5, 0.6) is 0 Å². The van der Waals surface area contributed by atoms with Gasteiger partial charge in [-0.15, -0.1) is 11.6 Å². The molecule has 1 saturated carbocycles. The van der Waals surface area contributed by atoms with Gasteiger partial charge in [0.2, 0.25) is 0 Å². The van der Waals surface area contributed by atoms with Crippen molar-refractivity contribution in [2.75, 3.05) is 39.0 Å². The highest BCUT2D eigenvalue weighted by atomic mass is 35.5. The van der Waals surface area contributed by atoms with Crippen molar-refractivity contribution in [2.45, 2.75) is 112 Å². The van der Waals surface area contributed by atoms with Gasteiger partial charge in [-0.3, -0.25) is 24.0 Å². The number of rotatable bonds is 9. The molecule has 9 nitrogen and oxygen atoms in total. The number of likely N-dealkylation sites (N-methyl/N-ethyl adjacent to an activating group) is 1. The average Bonchev–Trinajstić information content (AvgIpc) is 3.40. The molecule has 1 aromatic rings. The number of fused-ring (bicyclic) bond motifs is 2. The van der Waals surface area contributed by atoms with Gasteiger partial charge in [-0.25, -0.2) is 4.98 Å². The number of thioether (sulfide) groups is 1. The number of nitrogens with one attached hydrogen (secondary N) is 1. The third-order valence-corrected chi connectivity index (χ3v) is 13.2. The van der Waals surface area contributed by atoms with Gasteiger partial charge in [-0.05, 0) is 77.7 Å². The summed E-state index contributed by atoms with van der Waals surface area (Å²) in [7, 11) is 1.96. The molecule has 258 valence electrons. The molecule has 0 spiro atoms. The summed E-state index contributed by atoms with van der Waals surface area (Å²) < 4.78 is 46.6. The van der Waals surface area contributed by atoms with Gasteiger partial charge in [-0.2, -0.15) is 24.9 Å². The van der Waals surface area contributed by atoms with Gasteiger partial charge in [-0.1, -0.05) is 0 Å². The van der Waals surface area contributed by atoms with E-state index in [9.17, 15) is 27.9 Å². The molecule has 0 aromatic carbocycles. The summed E-state index contributed by atoms with van der Waals surface area (Å²) in [5.41, 5.74) is 1.50. The van der Waals surface area contributed by atoms with Crippen LogP contribution in [0.15, 0.2) is 4.79 Å². The highest BCUT2D eigenvalue weighted by molar-refractivity contribution is 8.00. The number of hydrogen-bond acceptors (Lipinski definition) is 8. The molecular formula is C32H47ClF3N5O4S. The molecule has 1 aromatic heterocycles. The zero-order valence-corrected chi connectivity index (χ0v) is 28.4. The minimum atomic E-state index is -4.19. The lowest BCUT2D eigenvalue weighted by atomic mass is 9.70. The fraction of sp³-hybridized carbons (Fsp3) is 0.844. The van der Waals surface area contributed by atoms with Crippen LogP contribution in [0.2, 0.25) is 0 Å². The summed E-state index contributed by atoms with van der Waals surface area (Å²) in [5, 5.41) is 13.7. The number of hydrogen-bond donors (Lipinski definition) is 2. The third-order valence-electron chi connectivity index (χ3n) is 11.3. The molecule has 0 bridgehead atoms. The minimum absolute atomic E-state index is 0.00515. The van der Waals surface area contributed by atoms with E-state index in [2.05, 4.69) is 17.1 Å². The Balaban J connectivity index is 1.09. The van der Waals surface area contributed by atoms with E-state index >= 15 is 0 Å².